The summed E-state index contributed by atoms with van der Waals surface area (Å²) >= 11 is 20.7. The summed E-state index contributed by atoms with van der Waals surface area (Å²) in [5.41, 5.74) is 0. The zero-order chi connectivity index (χ0) is 7.15. The zero-order valence-electron chi connectivity index (χ0n) is 3.42. The standard InChI is InChI=1S/C2Cl4.O.Ti/c3-1(4)2(5)6;;. The SMILES string of the molecule is ClC(Cl)=C(Cl)Cl.[O]=[Ti]. The van der Waals surface area contributed by atoms with Crippen molar-refractivity contribution in [3.63, 3.8) is 0 Å². The molecule has 0 aromatic carbocycles. The zero-order valence-corrected chi connectivity index (χ0v) is 8.01. The second kappa shape index (κ2) is 8.41. The minimum atomic E-state index is -0.0988. The van der Waals surface area contributed by atoms with Crippen molar-refractivity contribution >= 4 is 46.4 Å². The summed E-state index contributed by atoms with van der Waals surface area (Å²) in [6.07, 6.45) is 0. The molecule has 0 aliphatic heterocycles. The Morgan fingerprint density at radius 3 is 1.00 bits per heavy atom. The van der Waals surface area contributed by atoms with Gasteiger partial charge in [-0.3, -0.25) is 0 Å². The van der Waals surface area contributed by atoms with Gasteiger partial charge in [0.1, 0.15) is 8.98 Å². The van der Waals surface area contributed by atoms with Crippen LogP contribution in [0.25, 0.3) is 0 Å². The molecule has 0 unspecified atom stereocenters. The fourth-order valence-electron chi connectivity index (χ4n) is 0. The summed E-state index contributed by atoms with van der Waals surface area (Å²) in [5.74, 6) is 0. The molecule has 0 rings (SSSR count). The topological polar surface area (TPSA) is 17.1 Å². The van der Waals surface area contributed by atoms with Crippen molar-refractivity contribution in [3.05, 3.63) is 8.98 Å². The third kappa shape index (κ3) is 10.4. The molecule has 0 atom stereocenters. The molecule has 0 aromatic heterocycles. The van der Waals surface area contributed by atoms with Crippen LogP contribution >= 0.6 is 46.4 Å². The average Bonchev–Trinajstić information content (AvgIpc) is 1.72. The maximum absolute atomic E-state index is 8.25. The quantitative estimate of drug-likeness (QED) is 0.584. The molecule has 0 heterocycles. The average molecular weight is 230 g/mol. The van der Waals surface area contributed by atoms with Gasteiger partial charge in [0.05, 0.1) is 0 Å². The second-order valence-corrected chi connectivity index (χ2v) is 2.42. The molecule has 0 aliphatic rings. The molecule has 6 heteroatoms. The van der Waals surface area contributed by atoms with E-state index in [1.165, 1.54) is 0 Å². The van der Waals surface area contributed by atoms with Crippen LogP contribution < -0.4 is 0 Å². The number of rotatable bonds is 0. The molecule has 8 heavy (non-hydrogen) atoms. The van der Waals surface area contributed by atoms with Gasteiger partial charge >= 0.3 is 23.7 Å². The van der Waals surface area contributed by atoms with Crippen LogP contribution in [0.1, 0.15) is 0 Å². The van der Waals surface area contributed by atoms with Crippen LogP contribution in [0.4, 0.5) is 0 Å². The Labute approximate surface area is 78.6 Å². The fourth-order valence-corrected chi connectivity index (χ4v) is 0. The molecule has 0 aliphatic carbocycles. The third-order valence-electron chi connectivity index (χ3n) is 0.143. The van der Waals surface area contributed by atoms with E-state index in [1.54, 1.807) is 0 Å². The molecule has 0 bridgehead atoms. The molecule has 0 amide bonds. The third-order valence-corrected chi connectivity index (χ3v) is 1.29. The molecule has 0 spiro atoms. The number of hydrogen-bond acceptors (Lipinski definition) is 1. The predicted molar refractivity (Wildman–Crippen MR) is 31.1 cm³/mol. The van der Waals surface area contributed by atoms with Crippen molar-refractivity contribution < 1.29 is 23.7 Å². The molecule has 46 valence electrons. The van der Waals surface area contributed by atoms with Gasteiger partial charge in [0, 0.05) is 0 Å². The molecule has 0 saturated heterocycles. The van der Waals surface area contributed by atoms with E-state index in [4.69, 9.17) is 49.7 Å². The number of halogens is 4. The van der Waals surface area contributed by atoms with E-state index in [2.05, 4.69) is 0 Å². The van der Waals surface area contributed by atoms with Crippen molar-refractivity contribution in [1.82, 2.24) is 0 Å². The Morgan fingerprint density at radius 1 is 0.875 bits per heavy atom. The first-order valence-corrected chi connectivity index (χ1v) is 3.36. The van der Waals surface area contributed by atoms with Crippen molar-refractivity contribution in [2.75, 3.05) is 0 Å². The van der Waals surface area contributed by atoms with Crippen molar-refractivity contribution in [2.24, 2.45) is 0 Å². The van der Waals surface area contributed by atoms with E-state index in [-0.39, 0.29) is 8.98 Å². The van der Waals surface area contributed by atoms with E-state index in [0.717, 1.165) is 20.4 Å². The summed E-state index contributed by atoms with van der Waals surface area (Å²) < 4.78 is 8.05. The molecule has 0 aromatic rings. The van der Waals surface area contributed by atoms with Crippen LogP contribution in [-0.2, 0) is 23.7 Å². The summed E-state index contributed by atoms with van der Waals surface area (Å²) in [7, 11) is 0. The Morgan fingerprint density at radius 2 is 1.00 bits per heavy atom. The minimum absolute atomic E-state index is 0.0988. The van der Waals surface area contributed by atoms with Crippen LogP contribution in [0.15, 0.2) is 8.98 Å². The second-order valence-electron chi connectivity index (χ2n) is 0.521. The van der Waals surface area contributed by atoms with Gasteiger partial charge in [0.2, 0.25) is 0 Å². The monoisotopic (exact) mass is 228 g/mol. The van der Waals surface area contributed by atoms with Gasteiger partial charge in [-0.15, -0.1) is 0 Å². The summed E-state index contributed by atoms with van der Waals surface area (Å²) in [6.45, 7) is 0. The van der Waals surface area contributed by atoms with E-state index in [0.29, 0.717) is 0 Å². The van der Waals surface area contributed by atoms with E-state index >= 15 is 0 Å². The van der Waals surface area contributed by atoms with E-state index in [9.17, 15) is 0 Å². The molecule has 0 fully saturated rings. The normalized spacial score (nSPS) is 6.38. The first-order chi connectivity index (χ1) is 3.64. The van der Waals surface area contributed by atoms with Crippen LogP contribution in [0.2, 0.25) is 0 Å². The van der Waals surface area contributed by atoms with Gasteiger partial charge in [-0.25, -0.2) is 0 Å². The Hall–Kier alpha value is 1.41. The molecule has 0 saturated carbocycles. The first-order valence-electron chi connectivity index (χ1n) is 1.21. The maximum atomic E-state index is 8.25. The van der Waals surface area contributed by atoms with Gasteiger partial charge in [-0.2, -0.15) is 0 Å². The summed E-state index contributed by atoms with van der Waals surface area (Å²) in [6, 6.07) is 0. The van der Waals surface area contributed by atoms with Crippen molar-refractivity contribution in [1.29, 1.82) is 0 Å². The Kier molecular flexibility index (Phi) is 12.8. The molecule has 0 radical (unpaired) electrons. The predicted octanol–water partition coefficient (Wildman–Crippen LogP) is 2.95. The number of hydrogen-bond donors (Lipinski definition) is 0. The summed E-state index contributed by atoms with van der Waals surface area (Å²) in [5, 5.41) is 0. The van der Waals surface area contributed by atoms with Gasteiger partial charge in [-0.1, -0.05) is 46.4 Å². The molecular formula is C2Cl4OTi. The fraction of sp³-hybridized carbons (Fsp3) is 0. The van der Waals surface area contributed by atoms with E-state index < -0.39 is 0 Å². The van der Waals surface area contributed by atoms with Crippen LogP contribution in [0.3, 0.4) is 0 Å². The van der Waals surface area contributed by atoms with E-state index in [1.807, 2.05) is 0 Å². The molecular weight excluding hydrogens is 230 g/mol. The van der Waals surface area contributed by atoms with Crippen molar-refractivity contribution in [3.8, 4) is 0 Å². The molecule has 1 nitrogen and oxygen atoms in total. The van der Waals surface area contributed by atoms with Crippen LogP contribution in [-0.4, -0.2) is 0 Å². The Bertz CT molecular complexity index is 74.0. The molecule has 0 N–H and O–H groups in total. The van der Waals surface area contributed by atoms with Crippen LogP contribution in [0.5, 0.6) is 0 Å². The Balaban J connectivity index is 0. The van der Waals surface area contributed by atoms with Gasteiger partial charge in [-0.05, 0) is 0 Å². The van der Waals surface area contributed by atoms with Crippen LogP contribution in [0, 0.1) is 0 Å². The van der Waals surface area contributed by atoms with Gasteiger partial charge < -0.3 is 0 Å². The van der Waals surface area contributed by atoms with Gasteiger partial charge in [0.15, 0.2) is 0 Å². The summed E-state index contributed by atoms with van der Waals surface area (Å²) in [4.78, 5) is 0. The van der Waals surface area contributed by atoms with Gasteiger partial charge in [0.25, 0.3) is 0 Å². The van der Waals surface area contributed by atoms with Crippen molar-refractivity contribution in [2.45, 2.75) is 0 Å². The first kappa shape index (κ1) is 12.1.